The molecular formula is C22H26N6O3. The molecule has 0 saturated carbocycles. The number of morpholine rings is 1. The second-order valence-electron chi connectivity index (χ2n) is 7.22. The Labute approximate surface area is 181 Å². The Morgan fingerprint density at radius 3 is 2.71 bits per heavy atom. The molecule has 1 saturated heterocycles. The summed E-state index contributed by atoms with van der Waals surface area (Å²) in [6, 6.07) is 13.4. The molecule has 0 spiro atoms. The Bertz CT molecular complexity index is 1030. The van der Waals surface area contributed by atoms with Crippen molar-refractivity contribution in [1.82, 2.24) is 25.1 Å². The van der Waals surface area contributed by atoms with Crippen molar-refractivity contribution in [1.29, 1.82) is 0 Å². The standard InChI is InChI=1S/C22H26N6O3/c1-16-24-20(28-9-12-30-13-10-28)15-21(25-16)31-11-8-23-22(29)19-14-18(26-27(19)2)17-6-4-3-5-7-17/h3-7,14-15H,8-13H2,1-2H3,(H,23,29). The number of amides is 1. The number of ether oxygens (including phenoxy) is 2. The fourth-order valence-corrected chi connectivity index (χ4v) is 3.39. The zero-order valence-electron chi connectivity index (χ0n) is 17.7. The molecule has 0 atom stereocenters. The highest BCUT2D eigenvalue weighted by Gasteiger charge is 2.16. The Kier molecular flexibility index (Phi) is 6.42. The Balaban J connectivity index is 1.31. The molecule has 3 aromatic rings. The molecule has 0 bridgehead atoms. The molecule has 0 aliphatic carbocycles. The number of nitrogens with one attached hydrogen (secondary N) is 1. The smallest absolute Gasteiger partial charge is 0.269 e. The molecule has 9 nitrogen and oxygen atoms in total. The largest absolute Gasteiger partial charge is 0.476 e. The zero-order valence-corrected chi connectivity index (χ0v) is 17.7. The maximum absolute atomic E-state index is 12.6. The molecule has 4 rings (SSSR count). The van der Waals surface area contributed by atoms with E-state index in [1.165, 1.54) is 0 Å². The van der Waals surface area contributed by atoms with Crippen LogP contribution in [-0.4, -0.2) is 65.1 Å². The van der Waals surface area contributed by atoms with E-state index in [1.807, 2.05) is 43.3 Å². The van der Waals surface area contributed by atoms with E-state index < -0.39 is 0 Å². The van der Waals surface area contributed by atoms with Crippen LogP contribution in [0.1, 0.15) is 16.3 Å². The highest BCUT2D eigenvalue weighted by atomic mass is 16.5. The van der Waals surface area contributed by atoms with E-state index in [1.54, 1.807) is 17.8 Å². The lowest BCUT2D eigenvalue weighted by atomic mass is 10.1. The number of anilines is 1. The minimum absolute atomic E-state index is 0.200. The van der Waals surface area contributed by atoms with Gasteiger partial charge in [-0.25, -0.2) is 4.98 Å². The van der Waals surface area contributed by atoms with Crippen molar-refractivity contribution in [2.45, 2.75) is 6.92 Å². The normalized spacial score (nSPS) is 13.8. The third-order valence-corrected chi connectivity index (χ3v) is 4.96. The number of hydrogen-bond acceptors (Lipinski definition) is 7. The number of carbonyl (C=O) groups excluding carboxylic acids is 1. The van der Waals surface area contributed by atoms with E-state index in [4.69, 9.17) is 9.47 Å². The summed E-state index contributed by atoms with van der Waals surface area (Å²) in [7, 11) is 1.76. The van der Waals surface area contributed by atoms with Crippen LogP contribution in [0.3, 0.4) is 0 Å². The second-order valence-corrected chi connectivity index (χ2v) is 7.22. The van der Waals surface area contributed by atoms with Crippen LogP contribution < -0.4 is 15.0 Å². The third-order valence-electron chi connectivity index (χ3n) is 4.96. The molecule has 1 aromatic carbocycles. The highest BCUT2D eigenvalue weighted by Crippen LogP contribution is 2.19. The lowest BCUT2D eigenvalue weighted by Gasteiger charge is -2.28. The predicted octanol–water partition coefficient (Wildman–Crippen LogP) is 1.83. The summed E-state index contributed by atoms with van der Waals surface area (Å²) < 4.78 is 12.7. The molecule has 1 fully saturated rings. The van der Waals surface area contributed by atoms with Crippen molar-refractivity contribution in [3.05, 3.63) is 54.0 Å². The first-order chi connectivity index (χ1) is 15.1. The quantitative estimate of drug-likeness (QED) is 0.581. The number of nitrogens with zero attached hydrogens (tertiary/aromatic N) is 5. The summed E-state index contributed by atoms with van der Waals surface area (Å²) in [6.45, 7) is 5.44. The molecule has 31 heavy (non-hydrogen) atoms. The summed E-state index contributed by atoms with van der Waals surface area (Å²) in [5, 5.41) is 7.31. The Hall–Kier alpha value is -3.46. The van der Waals surface area contributed by atoms with Crippen molar-refractivity contribution in [3.8, 4) is 17.1 Å². The van der Waals surface area contributed by atoms with Gasteiger partial charge in [0.2, 0.25) is 5.88 Å². The average Bonchev–Trinajstić information content (AvgIpc) is 3.19. The number of carbonyl (C=O) groups is 1. The van der Waals surface area contributed by atoms with Gasteiger partial charge in [-0.3, -0.25) is 9.48 Å². The fraction of sp³-hybridized carbons (Fsp3) is 0.364. The van der Waals surface area contributed by atoms with Gasteiger partial charge < -0.3 is 19.7 Å². The molecule has 2 aromatic heterocycles. The predicted molar refractivity (Wildman–Crippen MR) is 116 cm³/mol. The molecule has 1 aliphatic rings. The topological polar surface area (TPSA) is 94.4 Å². The summed E-state index contributed by atoms with van der Waals surface area (Å²) in [5.41, 5.74) is 2.22. The van der Waals surface area contributed by atoms with Gasteiger partial charge in [-0.15, -0.1) is 0 Å². The molecule has 1 amide bonds. The van der Waals surface area contributed by atoms with E-state index in [0.29, 0.717) is 43.8 Å². The summed E-state index contributed by atoms with van der Waals surface area (Å²) in [5.74, 6) is 1.77. The number of aromatic nitrogens is 4. The number of hydrogen-bond donors (Lipinski definition) is 1. The van der Waals surface area contributed by atoms with Crippen molar-refractivity contribution < 1.29 is 14.3 Å². The van der Waals surface area contributed by atoms with Crippen LogP contribution in [0.2, 0.25) is 0 Å². The van der Waals surface area contributed by atoms with Crippen LogP contribution in [0, 0.1) is 6.92 Å². The van der Waals surface area contributed by atoms with Crippen molar-refractivity contribution in [2.75, 3.05) is 44.4 Å². The van der Waals surface area contributed by atoms with Gasteiger partial charge in [-0.05, 0) is 13.0 Å². The maximum Gasteiger partial charge on any atom is 0.269 e. The first-order valence-electron chi connectivity index (χ1n) is 10.3. The molecule has 0 unspecified atom stereocenters. The van der Waals surface area contributed by atoms with Crippen LogP contribution in [0.25, 0.3) is 11.3 Å². The Morgan fingerprint density at radius 1 is 1.16 bits per heavy atom. The van der Waals surface area contributed by atoms with E-state index in [2.05, 4.69) is 25.3 Å². The first-order valence-corrected chi connectivity index (χ1v) is 10.3. The minimum atomic E-state index is -0.200. The van der Waals surface area contributed by atoms with Crippen LogP contribution in [0.5, 0.6) is 5.88 Å². The first kappa shape index (κ1) is 20.8. The van der Waals surface area contributed by atoms with Gasteiger partial charge in [0.15, 0.2) is 0 Å². The average molecular weight is 422 g/mol. The summed E-state index contributed by atoms with van der Waals surface area (Å²) in [4.78, 5) is 23.5. The number of benzene rings is 1. The monoisotopic (exact) mass is 422 g/mol. The van der Waals surface area contributed by atoms with Gasteiger partial charge in [-0.1, -0.05) is 30.3 Å². The summed E-state index contributed by atoms with van der Waals surface area (Å²) in [6.07, 6.45) is 0. The van der Waals surface area contributed by atoms with Crippen LogP contribution in [-0.2, 0) is 11.8 Å². The highest BCUT2D eigenvalue weighted by molar-refractivity contribution is 5.93. The molecule has 0 radical (unpaired) electrons. The molecular weight excluding hydrogens is 396 g/mol. The number of rotatable bonds is 7. The van der Waals surface area contributed by atoms with Crippen molar-refractivity contribution in [2.24, 2.45) is 7.05 Å². The van der Waals surface area contributed by atoms with Gasteiger partial charge >= 0.3 is 0 Å². The van der Waals surface area contributed by atoms with Crippen molar-refractivity contribution in [3.63, 3.8) is 0 Å². The number of aryl methyl sites for hydroxylation is 2. The van der Waals surface area contributed by atoms with E-state index >= 15 is 0 Å². The Morgan fingerprint density at radius 2 is 1.94 bits per heavy atom. The molecule has 3 heterocycles. The lowest BCUT2D eigenvalue weighted by molar-refractivity contribution is 0.0937. The lowest BCUT2D eigenvalue weighted by Crippen LogP contribution is -2.37. The third kappa shape index (κ3) is 5.18. The SMILES string of the molecule is Cc1nc(OCCNC(=O)c2cc(-c3ccccc3)nn2C)cc(N2CCOCC2)n1. The van der Waals surface area contributed by atoms with Crippen molar-refractivity contribution >= 4 is 11.7 Å². The zero-order chi connectivity index (χ0) is 21.6. The van der Waals surface area contributed by atoms with Gasteiger partial charge in [0.1, 0.15) is 23.9 Å². The van der Waals surface area contributed by atoms with E-state index in [-0.39, 0.29) is 5.91 Å². The second kappa shape index (κ2) is 9.57. The maximum atomic E-state index is 12.6. The van der Waals surface area contributed by atoms with Gasteiger partial charge in [0, 0.05) is 31.8 Å². The fourth-order valence-electron chi connectivity index (χ4n) is 3.39. The van der Waals surface area contributed by atoms with Crippen LogP contribution in [0.15, 0.2) is 42.5 Å². The van der Waals surface area contributed by atoms with Crippen LogP contribution in [0.4, 0.5) is 5.82 Å². The van der Waals surface area contributed by atoms with E-state index in [0.717, 1.165) is 30.2 Å². The van der Waals surface area contributed by atoms with Gasteiger partial charge in [0.05, 0.1) is 25.5 Å². The molecule has 9 heteroatoms. The molecule has 1 N–H and O–H groups in total. The van der Waals surface area contributed by atoms with E-state index in [9.17, 15) is 4.79 Å². The van der Waals surface area contributed by atoms with Gasteiger partial charge in [-0.2, -0.15) is 10.1 Å². The molecule has 162 valence electrons. The van der Waals surface area contributed by atoms with Gasteiger partial charge in [0.25, 0.3) is 5.91 Å². The molecule has 1 aliphatic heterocycles. The van der Waals surface area contributed by atoms with Crippen LogP contribution >= 0.6 is 0 Å². The minimum Gasteiger partial charge on any atom is -0.476 e. The summed E-state index contributed by atoms with van der Waals surface area (Å²) >= 11 is 0.